The summed E-state index contributed by atoms with van der Waals surface area (Å²) < 4.78 is 0. The molecule has 1 atom stereocenters. The Morgan fingerprint density at radius 1 is 1.11 bits per heavy atom. The van der Waals surface area contributed by atoms with E-state index in [2.05, 4.69) is 9.97 Å². The Labute approximate surface area is 112 Å². The number of benzene rings is 1. The first-order valence-corrected chi connectivity index (χ1v) is 6.28. The van der Waals surface area contributed by atoms with Crippen LogP contribution in [0.25, 0.3) is 11.1 Å². The molecule has 1 aromatic carbocycles. The molecule has 2 aromatic rings. The van der Waals surface area contributed by atoms with Gasteiger partial charge in [-0.05, 0) is 31.0 Å². The van der Waals surface area contributed by atoms with Gasteiger partial charge in [-0.15, -0.1) is 0 Å². The molecule has 0 fully saturated rings. The van der Waals surface area contributed by atoms with Gasteiger partial charge < -0.3 is 5.73 Å². The highest BCUT2D eigenvalue weighted by Gasteiger charge is 2.21. The summed E-state index contributed by atoms with van der Waals surface area (Å²) >= 11 is 5.86. The number of hydrogen-bond donors (Lipinski definition) is 1. The molecule has 1 heterocycles. The van der Waals surface area contributed by atoms with Gasteiger partial charge in [0.2, 0.25) is 0 Å². The minimum Gasteiger partial charge on any atom is -0.319 e. The van der Waals surface area contributed by atoms with Gasteiger partial charge in [-0.2, -0.15) is 0 Å². The molecule has 18 heavy (non-hydrogen) atoms. The summed E-state index contributed by atoms with van der Waals surface area (Å²) in [6, 6.07) is 7.60. The third kappa shape index (κ3) is 2.68. The average Bonchev–Trinajstić information content (AvgIpc) is 2.40. The van der Waals surface area contributed by atoms with Gasteiger partial charge in [0.25, 0.3) is 0 Å². The van der Waals surface area contributed by atoms with Crippen LogP contribution in [0.15, 0.2) is 36.7 Å². The van der Waals surface area contributed by atoms with Crippen LogP contribution in [-0.4, -0.2) is 9.97 Å². The van der Waals surface area contributed by atoms with Crippen molar-refractivity contribution in [3.05, 3.63) is 47.5 Å². The van der Waals surface area contributed by atoms with Crippen LogP contribution >= 0.6 is 11.6 Å². The first kappa shape index (κ1) is 13.0. The molecule has 0 aliphatic heterocycles. The highest BCUT2D eigenvalue weighted by molar-refractivity contribution is 6.30. The predicted molar refractivity (Wildman–Crippen MR) is 74.3 cm³/mol. The fourth-order valence-corrected chi connectivity index (χ4v) is 1.70. The molecule has 0 spiro atoms. The van der Waals surface area contributed by atoms with Crippen molar-refractivity contribution in [2.75, 3.05) is 0 Å². The van der Waals surface area contributed by atoms with E-state index in [1.54, 1.807) is 12.4 Å². The molecule has 0 amide bonds. The molecular formula is C14H16ClN3. The molecule has 4 heteroatoms. The zero-order valence-corrected chi connectivity index (χ0v) is 11.3. The van der Waals surface area contributed by atoms with Crippen LogP contribution in [0, 0.1) is 0 Å². The van der Waals surface area contributed by atoms with Crippen LogP contribution in [0.3, 0.4) is 0 Å². The smallest absolute Gasteiger partial charge is 0.147 e. The lowest BCUT2D eigenvalue weighted by Crippen LogP contribution is -2.34. The minimum absolute atomic E-state index is 0.474. The lowest BCUT2D eigenvalue weighted by Gasteiger charge is -2.20. The summed E-state index contributed by atoms with van der Waals surface area (Å²) in [6.07, 6.45) is 4.39. The Balaban J connectivity index is 2.30. The van der Waals surface area contributed by atoms with E-state index in [1.807, 2.05) is 38.1 Å². The first-order valence-electron chi connectivity index (χ1n) is 5.90. The highest BCUT2D eigenvalue weighted by atomic mass is 35.5. The number of aromatic nitrogens is 2. The van der Waals surface area contributed by atoms with Crippen molar-refractivity contribution in [3.63, 3.8) is 0 Å². The van der Waals surface area contributed by atoms with Crippen LogP contribution in [0.4, 0.5) is 0 Å². The van der Waals surface area contributed by atoms with E-state index in [4.69, 9.17) is 17.3 Å². The van der Waals surface area contributed by atoms with Crippen molar-refractivity contribution in [1.29, 1.82) is 0 Å². The SMILES string of the molecule is CCC(C)(N)c1ncc(-c2ccc(Cl)cc2)cn1. The second-order valence-corrected chi connectivity index (χ2v) is 5.01. The van der Waals surface area contributed by atoms with E-state index >= 15 is 0 Å². The summed E-state index contributed by atoms with van der Waals surface area (Å²) in [5.41, 5.74) is 7.63. The van der Waals surface area contributed by atoms with E-state index in [1.165, 1.54) is 0 Å². The number of nitrogens with two attached hydrogens (primary N) is 1. The zero-order chi connectivity index (χ0) is 13.2. The van der Waals surface area contributed by atoms with E-state index in [-0.39, 0.29) is 0 Å². The van der Waals surface area contributed by atoms with Gasteiger partial charge in [-0.1, -0.05) is 30.7 Å². The highest BCUT2D eigenvalue weighted by Crippen LogP contribution is 2.22. The standard InChI is InChI=1S/C14H16ClN3/c1-3-14(2,16)13-17-8-11(9-18-13)10-4-6-12(15)7-5-10/h4-9H,3,16H2,1-2H3. The topological polar surface area (TPSA) is 51.8 Å². The molecule has 0 aliphatic carbocycles. The van der Waals surface area contributed by atoms with Gasteiger partial charge >= 0.3 is 0 Å². The zero-order valence-electron chi connectivity index (χ0n) is 10.5. The molecule has 1 aromatic heterocycles. The van der Waals surface area contributed by atoms with Gasteiger partial charge in [-0.3, -0.25) is 0 Å². The normalized spacial score (nSPS) is 14.2. The molecule has 0 bridgehead atoms. The van der Waals surface area contributed by atoms with Crippen molar-refractivity contribution in [2.45, 2.75) is 25.8 Å². The maximum atomic E-state index is 6.10. The lowest BCUT2D eigenvalue weighted by molar-refractivity contribution is 0.445. The van der Waals surface area contributed by atoms with Crippen LogP contribution in [0.2, 0.25) is 5.02 Å². The fraction of sp³-hybridized carbons (Fsp3) is 0.286. The van der Waals surface area contributed by atoms with Crippen molar-refractivity contribution < 1.29 is 0 Å². The van der Waals surface area contributed by atoms with Crippen molar-refractivity contribution >= 4 is 11.6 Å². The van der Waals surface area contributed by atoms with Gasteiger partial charge in [0, 0.05) is 23.0 Å². The minimum atomic E-state index is -0.474. The van der Waals surface area contributed by atoms with E-state index in [0.29, 0.717) is 5.82 Å². The third-order valence-electron chi connectivity index (χ3n) is 3.07. The molecule has 0 saturated carbocycles. The molecule has 2 N–H and O–H groups in total. The monoisotopic (exact) mass is 261 g/mol. The Morgan fingerprint density at radius 3 is 2.17 bits per heavy atom. The molecule has 0 aliphatic rings. The van der Waals surface area contributed by atoms with E-state index < -0.39 is 5.54 Å². The molecule has 0 saturated heterocycles. The number of hydrogen-bond acceptors (Lipinski definition) is 3. The molecule has 3 nitrogen and oxygen atoms in total. The van der Waals surface area contributed by atoms with Crippen LogP contribution < -0.4 is 5.73 Å². The van der Waals surface area contributed by atoms with Crippen LogP contribution in [0.1, 0.15) is 26.1 Å². The number of halogens is 1. The predicted octanol–water partition coefficient (Wildman–Crippen LogP) is 3.38. The first-order chi connectivity index (χ1) is 8.53. The van der Waals surface area contributed by atoms with Crippen molar-refractivity contribution in [1.82, 2.24) is 9.97 Å². The maximum Gasteiger partial charge on any atom is 0.147 e. The quantitative estimate of drug-likeness (QED) is 0.922. The molecule has 94 valence electrons. The summed E-state index contributed by atoms with van der Waals surface area (Å²) in [7, 11) is 0. The van der Waals surface area contributed by atoms with Crippen molar-refractivity contribution in [2.24, 2.45) is 5.73 Å². The van der Waals surface area contributed by atoms with Crippen LogP contribution in [-0.2, 0) is 5.54 Å². The lowest BCUT2D eigenvalue weighted by atomic mass is 9.99. The fourth-order valence-electron chi connectivity index (χ4n) is 1.57. The molecule has 1 unspecified atom stereocenters. The summed E-state index contributed by atoms with van der Waals surface area (Å²) in [5, 5.41) is 0.719. The van der Waals surface area contributed by atoms with E-state index in [0.717, 1.165) is 22.6 Å². The van der Waals surface area contributed by atoms with E-state index in [9.17, 15) is 0 Å². The molecule has 2 rings (SSSR count). The summed E-state index contributed by atoms with van der Waals surface area (Å²) in [4.78, 5) is 8.70. The van der Waals surface area contributed by atoms with Gasteiger partial charge in [0.05, 0.1) is 5.54 Å². The summed E-state index contributed by atoms with van der Waals surface area (Å²) in [5.74, 6) is 0.669. The Kier molecular flexibility index (Phi) is 3.64. The second kappa shape index (κ2) is 5.04. The van der Waals surface area contributed by atoms with Gasteiger partial charge in [0.1, 0.15) is 5.82 Å². The van der Waals surface area contributed by atoms with Gasteiger partial charge in [-0.25, -0.2) is 9.97 Å². The van der Waals surface area contributed by atoms with Gasteiger partial charge in [0.15, 0.2) is 0 Å². The molecular weight excluding hydrogens is 246 g/mol. The Bertz CT molecular complexity index is 518. The Morgan fingerprint density at radius 2 is 1.67 bits per heavy atom. The number of nitrogens with zero attached hydrogens (tertiary/aromatic N) is 2. The second-order valence-electron chi connectivity index (χ2n) is 4.57. The average molecular weight is 262 g/mol. The van der Waals surface area contributed by atoms with Crippen LogP contribution in [0.5, 0.6) is 0 Å². The molecule has 0 radical (unpaired) electrons. The largest absolute Gasteiger partial charge is 0.319 e. The maximum absolute atomic E-state index is 6.10. The third-order valence-corrected chi connectivity index (χ3v) is 3.33. The van der Waals surface area contributed by atoms with Crippen molar-refractivity contribution in [3.8, 4) is 11.1 Å². The summed E-state index contributed by atoms with van der Waals surface area (Å²) in [6.45, 7) is 3.96. The Hall–Kier alpha value is -1.45. The number of rotatable bonds is 3.